The summed E-state index contributed by atoms with van der Waals surface area (Å²) in [5.41, 5.74) is 0.377. The number of carbonyl (C=O) groups is 1. The van der Waals surface area contributed by atoms with Crippen molar-refractivity contribution in [3.05, 3.63) is 44.6 Å². The van der Waals surface area contributed by atoms with Crippen LogP contribution in [0.2, 0.25) is 8.67 Å². The molecule has 1 fully saturated rings. The second-order valence-electron chi connectivity index (χ2n) is 5.68. The predicted molar refractivity (Wildman–Crippen MR) is 103 cm³/mol. The van der Waals surface area contributed by atoms with E-state index in [2.05, 4.69) is 10.0 Å². The van der Waals surface area contributed by atoms with Crippen LogP contribution in [0.25, 0.3) is 0 Å². The minimum Gasteiger partial charge on any atom is -0.376 e. The summed E-state index contributed by atoms with van der Waals surface area (Å²) in [6, 6.07) is 7.63. The van der Waals surface area contributed by atoms with Crippen LogP contribution in [0.1, 0.15) is 23.2 Å². The van der Waals surface area contributed by atoms with E-state index in [1.54, 1.807) is 18.2 Å². The zero-order chi connectivity index (χ0) is 18.7. The highest BCUT2D eigenvalue weighted by atomic mass is 35.5. The van der Waals surface area contributed by atoms with Crippen molar-refractivity contribution in [2.75, 3.05) is 17.9 Å². The van der Waals surface area contributed by atoms with Crippen molar-refractivity contribution in [1.82, 2.24) is 5.32 Å². The molecule has 1 aliphatic heterocycles. The molecule has 1 atom stereocenters. The zero-order valence-electron chi connectivity index (χ0n) is 13.5. The molecular formula is C16H16Cl2N2O4S2. The Hall–Kier alpha value is -1.32. The number of hydrogen-bond donors (Lipinski definition) is 2. The zero-order valence-corrected chi connectivity index (χ0v) is 16.6. The predicted octanol–water partition coefficient (Wildman–Crippen LogP) is 3.76. The van der Waals surface area contributed by atoms with E-state index in [4.69, 9.17) is 27.9 Å². The maximum Gasteiger partial charge on any atom is 0.264 e. The molecule has 3 rings (SSSR count). The van der Waals surface area contributed by atoms with Gasteiger partial charge in [-0.15, -0.1) is 11.3 Å². The number of hydrogen-bond acceptors (Lipinski definition) is 5. The molecule has 6 nitrogen and oxygen atoms in total. The van der Waals surface area contributed by atoms with Crippen LogP contribution in [0.15, 0.2) is 35.2 Å². The topological polar surface area (TPSA) is 84.5 Å². The van der Waals surface area contributed by atoms with Gasteiger partial charge in [0.2, 0.25) is 0 Å². The molecule has 2 N–H and O–H groups in total. The first-order chi connectivity index (χ1) is 12.4. The summed E-state index contributed by atoms with van der Waals surface area (Å²) < 4.78 is 33.4. The Morgan fingerprint density at radius 1 is 1.31 bits per heavy atom. The van der Waals surface area contributed by atoms with Gasteiger partial charge >= 0.3 is 0 Å². The van der Waals surface area contributed by atoms with Crippen LogP contribution in [-0.2, 0) is 14.8 Å². The van der Waals surface area contributed by atoms with Gasteiger partial charge in [0.15, 0.2) is 0 Å². The molecular weight excluding hydrogens is 419 g/mol. The van der Waals surface area contributed by atoms with E-state index in [0.29, 0.717) is 13.2 Å². The van der Waals surface area contributed by atoms with Crippen molar-refractivity contribution in [2.45, 2.75) is 23.8 Å². The van der Waals surface area contributed by atoms with Crippen molar-refractivity contribution in [3.63, 3.8) is 0 Å². The monoisotopic (exact) mass is 434 g/mol. The first-order valence-electron chi connectivity index (χ1n) is 7.83. The minimum absolute atomic E-state index is 0.00504. The molecule has 1 unspecified atom stereocenters. The molecule has 0 aliphatic carbocycles. The Morgan fingerprint density at radius 3 is 2.73 bits per heavy atom. The van der Waals surface area contributed by atoms with Gasteiger partial charge in [0.05, 0.1) is 21.7 Å². The third-order valence-electron chi connectivity index (χ3n) is 3.85. The Morgan fingerprint density at radius 2 is 2.08 bits per heavy atom. The maximum absolute atomic E-state index is 12.6. The normalized spacial score (nSPS) is 17.2. The summed E-state index contributed by atoms with van der Waals surface area (Å²) in [6.07, 6.45) is 1.86. The molecule has 2 aromatic rings. The van der Waals surface area contributed by atoms with Gasteiger partial charge in [-0.1, -0.05) is 35.3 Å². The second kappa shape index (κ2) is 8.14. The average molecular weight is 435 g/mol. The molecule has 2 heterocycles. The highest BCUT2D eigenvalue weighted by Crippen LogP contribution is 2.35. The van der Waals surface area contributed by atoms with Crippen molar-refractivity contribution in [2.24, 2.45) is 0 Å². The largest absolute Gasteiger partial charge is 0.376 e. The number of halogens is 2. The van der Waals surface area contributed by atoms with Gasteiger partial charge in [-0.3, -0.25) is 9.52 Å². The number of para-hydroxylation sites is 1. The molecule has 1 aliphatic rings. The molecule has 0 radical (unpaired) electrons. The summed E-state index contributed by atoms with van der Waals surface area (Å²) in [5, 5.41) is 2.78. The van der Waals surface area contributed by atoms with E-state index in [0.717, 1.165) is 24.2 Å². The van der Waals surface area contributed by atoms with Crippen molar-refractivity contribution in [3.8, 4) is 0 Å². The number of ether oxygens (including phenoxy) is 1. The highest BCUT2D eigenvalue weighted by molar-refractivity contribution is 7.93. The fourth-order valence-corrected chi connectivity index (χ4v) is 5.82. The van der Waals surface area contributed by atoms with Crippen LogP contribution in [0.3, 0.4) is 0 Å². The van der Waals surface area contributed by atoms with Crippen LogP contribution in [0, 0.1) is 0 Å². The minimum atomic E-state index is -3.97. The molecule has 140 valence electrons. The van der Waals surface area contributed by atoms with Crippen LogP contribution >= 0.6 is 34.5 Å². The summed E-state index contributed by atoms with van der Waals surface area (Å²) >= 11 is 12.7. The summed E-state index contributed by atoms with van der Waals surface area (Å²) in [5.74, 6) is -0.381. The fraction of sp³-hybridized carbons (Fsp3) is 0.312. The fourth-order valence-electron chi connectivity index (χ4n) is 2.59. The molecule has 26 heavy (non-hydrogen) atoms. The number of benzene rings is 1. The molecule has 0 saturated carbocycles. The Labute approximate surface area is 165 Å². The molecule has 1 amide bonds. The lowest BCUT2D eigenvalue weighted by Crippen LogP contribution is -2.32. The van der Waals surface area contributed by atoms with Crippen LogP contribution in [0.5, 0.6) is 0 Å². The maximum atomic E-state index is 12.6. The molecule has 1 saturated heterocycles. The number of amides is 1. The van der Waals surface area contributed by atoms with E-state index in [1.165, 1.54) is 12.1 Å². The van der Waals surface area contributed by atoms with E-state index in [1.807, 2.05) is 0 Å². The molecule has 1 aromatic carbocycles. The number of rotatable bonds is 6. The number of sulfonamides is 1. The second-order valence-corrected chi connectivity index (χ2v) is 9.62. The van der Waals surface area contributed by atoms with E-state index < -0.39 is 10.0 Å². The van der Waals surface area contributed by atoms with Crippen LogP contribution in [0.4, 0.5) is 5.69 Å². The molecule has 1 aromatic heterocycles. The van der Waals surface area contributed by atoms with Gasteiger partial charge in [-0.25, -0.2) is 8.42 Å². The lowest BCUT2D eigenvalue weighted by Gasteiger charge is -2.14. The molecule has 0 spiro atoms. The van der Waals surface area contributed by atoms with Gasteiger partial charge in [0.1, 0.15) is 9.23 Å². The van der Waals surface area contributed by atoms with Gasteiger partial charge in [0, 0.05) is 13.2 Å². The quantitative estimate of drug-likeness (QED) is 0.724. The van der Waals surface area contributed by atoms with Crippen molar-refractivity contribution >= 4 is 56.2 Å². The first kappa shape index (κ1) is 19.4. The summed E-state index contributed by atoms with van der Waals surface area (Å²) in [7, 11) is -3.97. The van der Waals surface area contributed by atoms with Crippen LogP contribution in [-0.4, -0.2) is 33.6 Å². The van der Waals surface area contributed by atoms with E-state index in [9.17, 15) is 13.2 Å². The van der Waals surface area contributed by atoms with Crippen molar-refractivity contribution < 1.29 is 17.9 Å². The number of nitrogens with one attached hydrogen (secondary N) is 2. The number of thiophene rings is 1. The summed E-state index contributed by atoms with van der Waals surface area (Å²) in [6.45, 7) is 1.08. The third kappa shape index (κ3) is 4.50. The van der Waals surface area contributed by atoms with Gasteiger partial charge in [-0.2, -0.15) is 0 Å². The molecule has 0 bridgehead atoms. The van der Waals surface area contributed by atoms with Gasteiger partial charge in [0.25, 0.3) is 15.9 Å². The lowest BCUT2D eigenvalue weighted by atomic mass is 10.1. The van der Waals surface area contributed by atoms with Crippen molar-refractivity contribution in [1.29, 1.82) is 0 Å². The molecule has 10 heteroatoms. The van der Waals surface area contributed by atoms with Crippen LogP contribution < -0.4 is 10.0 Å². The summed E-state index contributed by atoms with van der Waals surface area (Å²) in [4.78, 5) is 12.3. The lowest BCUT2D eigenvalue weighted by molar-refractivity contribution is 0.0858. The Bertz CT molecular complexity index is 909. The third-order valence-corrected chi connectivity index (χ3v) is 6.96. The smallest absolute Gasteiger partial charge is 0.264 e. The first-order valence-corrected chi connectivity index (χ1v) is 10.9. The number of anilines is 1. The Kier molecular flexibility index (Phi) is 6.09. The van der Waals surface area contributed by atoms with E-state index in [-0.39, 0.29) is 36.8 Å². The number of carbonyl (C=O) groups excluding carboxylic acids is 1. The van der Waals surface area contributed by atoms with Gasteiger partial charge < -0.3 is 10.1 Å². The Balaban J connectivity index is 1.78. The highest BCUT2D eigenvalue weighted by Gasteiger charge is 2.24. The van der Waals surface area contributed by atoms with Gasteiger partial charge in [-0.05, 0) is 31.0 Å². The van der Waals surface area contributed by atoms with E-state index >= 15 is 0 Å². The average Bonchev–Trinajstić information content (AvgIpc) is 3.22. The SMILES string of the molecule is O=C(NCC1CCCO1)c1ccccc1NS(=O)(=O)c1cc(Cl)sc1Cl. The standard InChI is InChI=1S/C16H16Cl2N2O4S2/c17-14-8-13(15(18)25-14)26(22,23)20-12-6-2-1-5-11(12)16(21)19-9-10-4-3-7-24-10/h1-2,5-6,8,10,20H,3-4,7,9H2,(H,19,21).